The molecule has 1 aromatic heterocycles. The molecule has 0 spiro atoms. The van der Waals surface area contributed by atoms with Gasteiger partial charge in [0.25, 0.3) is 0 Å². The van der Waals surface area contributed by atoms with Gasteiger partial charge >= 0.3 is 6.18 Å². The van der Waals surface area contributed by atoms with Crippen molar-refractivity contribution in [3.05, 3.63) is 30.1 Å². The summed E-state index contributed by atoms with van der Waals surface area (Å²) >= 11 is 0. The van der Waals surface area contributed by atoms with Gasteiger partial charge < -0.3 is 10.6 Å². The van der Waals surface area contributed by atoms with Gasteiger partial charge in [-0.25, -0.2) is 9.97 Å². The van der Waals surface area contributed by atoms with Crippen LogP contribution >= 0.6 is 0 Å². The zero-order valence-corrected chi connectivity index (χ0v) is 16.2. The molecule has 2 heterocycles. The van der Waals surface area contributed by atoms with E-state index in [9.17, 15) is 22.8 Å². The highest BCUT2D eigenvalue weighted by molar-refractivity contribution is 5.91. The molecule has 2 aliphatic rings. The Morgan fingerprint density at radius 2 is 1.90 bits per heavy atom. The molecule has 0 bridgehead atoms. The second kappa shape index (κ2) is 8.17. The molecule has 0 radical (unpaired) electrons. The zero-order valence-electron chi connectivity index (χ0n) is 16.2. The number of Topliss-reactive ketones (excluding diaryl/α,β-unsaturated/α-hetero) is 1. The quantitative estimate of drug-likeness (QED) is 0.771. The first-order valence-corrected chi connectivity index (χ1v) is 9.90. The third kappa shape index (κ3) is 4.53. The molecule has 30 heavy (non-hydrogen) atoms. The van der Waals surface area contributed by atoms with Crippen molar-refractivity contribution in [2.75, 3.05) is 25.0 Å². The first-order chi connectivity index (χ1) is 14.3. The lowest BCUT2D eigenvalue weighted by atomic mass is 9.90. The molecule has 10 heteroatoms. The Kier molecular flexibility index (Phi) is 5.59. The van der Waals surface area contributed by atoms with Gasteiger partial charge in [-0.1, -0.05) is 0 Å². The highest BCUT2D eigenvalue weighted by Gasteiger charge is 2.35. The van der Waals surface area contributed by atoms with E-state index in [0.717, 1.165) is 38.1 Å². The number of rotatable bonds is 5. The van der Waals surface area contributed by atoms with E-state index in [1.54, 1.807) is 0 Å². The SMILES string of the molecule is O=C1CCC(N2CC(NC(=O)CNc3ncnc4ccc(C(F)(F)F)cc34)C2)CC1. The van der Waals surface area contributed by atoms with Crippen LogP contribution in [0.3, 0.4) is 0 Å². The van der Waals surface area contributed by atoms with Crippen LogP contribution < -0.4 is 10.6 Å². The second-order valence-corrected chi connectivity index (χ2v) is 7.79. The van der Waals surface area contributed by atoms with Gasteiger partial charge in [-0.3, -0.25) is 14.5 Å². The number of nitrogens with zero attached hydrogens (tertiary/aromatic N) is 3. The number of ketones is 1. The largest absolute Gasteiger partial charge is 0.416 e. The van der Waals surface area contributed by atoms with Crippen LogP contribution in [-0.2, 0) is 15.8 Å². The first-order valence-electron chi connectivity index (χ1n) is 9.90. The predicted molar refractivity (Wildman–Crippen MR) is 104 cm³/mol. The van der Waals surface area contributed by atoms with Crippen LogP contribution in [0.25, 0.3) is 10.9 Å². The second-order valence-electron chi connectivity index (χ2n) is 7.79. The van der Waals surface area contributed by atoms with Gasteiger partial charge in [-0.2, -0.15) is 13.2 Å². The molecule has 1 aromatic carbocycles. The molecule has 0 unspecified atom stereocenters. The number of likely N-dealkylation sites (tertiary alicyclic amines) is 1. The number of carbonyl (C=O) groups excluding carboxylic acids is 2. The molecule has 1 aliphatic carbocycles. The van der Waals surface area contributed by atoms with Gasteiger partial charge in [0.05, 0.1) is 23.7 Å². The molecule has 1 amide bonds. The Hall–Kier alpha value is -2.75. The summed E-state index contributed by atoms with van der Waals surface area (Å²) < 4.78 is 39.0. The lowest BCUT2D eigenvalue weighted by Gasteiger charge is -2.45. The maximum Gasteiger partial charge on any atom is 0.416 e. The number of aromatic nitrogens is 2. The molecule has 2 aromatic rings. The summed E-state index contributed by atoms with van der Waals surface area (Å²) in [6.45, 7) is 1.39. The number of nitrogens with one attached hydrogen (secondary N) is 2. The van der Waals surface area contributed by atoms with Gasteiger partial charge in [0.15, 0.2) is 0 Å². The lowest BCUT2D eigenvalue weighted by molar-refractivity contribution is -0.137. The molecule has 0 atom stereocenters. The Balaban J connectivity index is 1.30. The van der Waals surface area contributed by atoms with E-state index in [1.165, 1.54) is 12.4 Å². The van der Waals surface area contributed by atoms with E-state index < -0.39 is 11.7 Å². The molecular formula is C20H22F3N5O2. The topological polar surface area (TPSA) is 87.2 Å². The minimum atomic E-state index is -4.47. The summed E-state index contributed by atoms with van der Waals surface area (Å²) in [6.07, 6.45) is -0.214. The number of alkyl halides is 3. The first kappa shape index (κ1) is 20.5. The van der Waals surface area contributed by atoms with Crippen molar-refractivity contribution in [3.63, 3.8) is 0 Å². The fraction of sp³-hybridized carbons (Fsp3) is 0.500. The highest BCUT2D eigenvalue weighted by atomic mass is 19.4. The fourth-order valence-corrected chi connectivity index (χ4v) is 4.01. The molecule has 1 saturated carbocycles. The summed E-state index contributed by atoms with van der Waals surface area (Å²) in [5.41, 5.74) is -0.433. The van der Waals surface area contributed by atoms with Crippen LogP contribution in [0.2, 0.25) is 0 Å². The number of hydrogen-bond donors (Lipinski definition) is 2. The van der Waals surface area contributed by atoms with Crippen molar-refractivity contribution in [2.45, 2.75) is 43.9 Å². The summed E-state index contributed by atoms with van der Waals surface area (Å²) in [5.74, 6) is 0.253. The van der Waals surface area contributed by atoms with Crippen LogP contribution in [0.1, 0.15) is 31.2 Å². The number of carbonyl (C=O) groups is 2. The Morgan fingerprint density at radius 3 is 2.60 bits per heavy atom. The van der Waals surface area contributed by atoms with Crippen LogP contribution in [0.4, 0.5) is 19.0 Å². The van der Waals surface area contributed by atoms with E-state index in [2.05, 4.69) is 25.5 Å². The van der Waals surface area contributed by atoms with Gasteiger partial charge in [0, 0.05) is 37.4 Å². The van der Waals surface area contributed by atoms with Gasteiger partial charge in [0.2, 0.25) is 5.91 Å². The summed E-state index contributed by atoms with van der Waals surface area (Å²) in [7, 11) is 0. The van der Waals surface area contributed by atoms with E-state index in [4.69, 9.17) is 0 Å². The summed E-state index contributed by atoms with van der Waals surface area (Å²) in [6, 6.07) is 3.68. The van der Waals surface area contributed by atoms with Crippen molar-refractivity contribution in [3.8, 4) is 0 Å². The third-order valence-electron chi connectivity index (χ3n) is 5.68. The van der Waals surface area contributed by atoms with Crippen molar-refractivity contribution in [2.24, 2.45) is 0 Å². The minimum Gasteiger partial charge on any atom is -0.360 e. The predicted octanol–water partition coefficient (Wildman–Crippen LogP) is 2.37. The van der Waals surface area contributed by atoms with Crippen molar-refractivity contribution < 1.29 is 22.8 Å². The van der Waals surface area contributed by atoms with Gasteiger partial charge in [-0.15, -0.1) is 0 Å². The fourth-order valence-electron chi connectivity index (χ4n) is 4.01. The Bertz CT molecular complexity index is 949. The van der Waals surface area contributed by atoms with Gasteiger partial charge in [0.1, 0.15) is 17.9 Å². The summed E-state index contributed by atoms with van der Waals surface area (Å²) in [4.78, 5) is 33.8. The number of fused-ring (bicyclic) bond motifs is 1. The molecule has 4 rings (SSSR count). The summed E-state index contributed by atoms with van der Waals surface area (Å²) in [5, 5.41) is 5.94. The van der Waals surface area contributed by atoms with E-state index in [-0.39, 0.29) is 29.7 Å². The molecule has 7 nitrogen and oxygen atoms in total. The van der Waals surface area contributed by atoms with Gasteiger partial charge in [-0.05, 0) is 31.0 Å². The molecular weight excluding hydrogens is 399 g/mol. The average Bonchev–Trinajstić information content (AvgIpc) is 2.68. The van der Waals surface area contributed by atoms with Crippen LogP contribution in [0, 0.1) is 0 Å². The molecule has 2 N–H and O–H groups in total. The number of benzene rings is 1. The van der Waals surface area contributed by atoms with Crippen LogP contribution in [0.5, 0.6) is 0 Å². The van der Waals surface area contributed by atoms with Crippen molar-refractivity contribution in [1.82, 2.24) is 20.2 Å². The lowest BCUT2D eigenvalue weighted by Crippen LogP contribution is -2.63. The number of hydrogen-bond acceptors (Lipinski definition) is 6. The normalized spacial score (nSPS) is 19.0. The number of anilines is 1. The highest BCUT2D eigenvalue weighted by Crippen LogP contribution is 2.32. The smallest absolute Gasteiger partial charge is 0.360 e. The number of halogens is 3. The standard InChI is InChI=1S/C20H22F3N5O2/c21-20(22,23)12-1-6-17-16(7-12)19(26-11-25-17)24-8-18(30)27-13-9-28(10-13)14-2-4-15(29)5-3-14/h1,6-7,11,13-14H,2-5,8-10H2,(H,27,30)(H,24,25,26). The Morgan fingerprint density at radius 1 is 1.17 bits per heavy atom. The third-order valence-corrected chi connectivity index (χ3v) is 5.68. The molecule has 1 saturated heterocycles. The maximum atomic E-state index is 13.0. The average molecular weight is 421 g/mol. The van der Waals surface area contributed by atoms with Crippen molar-refractivity contribution >= 4 is 28.4 Å². The monoisotopic (exact) mass is 421 g/mol. The van der Waals surface area contributed by atoms with E-state index in [0.29, 0.717) is 30.2 Å². The van der Waals surface area contributed by atoms with Crippen LogP contribution in [-0.4, -0.2) is 58.3 Å². The molecule has 1 aliphatic heterocycles. The van der Waals surface area contributed by atoms with Crippen molar-refractivity contribution in [1.29, 1.82) is 0 Å². The Labute approximate surface area is 171 Å². The maximum absolute atomic E-state index is 13.0. The minimum absolute atomic E-state index is 0.0379. The van der Waals surface area contributed by atoms with E-state index in [1.807, 2.05) is 0 Å². The number of amides is 1. The van der Waals surface area contributed by atoms with Crippen LogP contribution in [0.15, 0.2) is 24.5 Å². The van der Waals surface area contributed by atoms with E-state index >= 15 is 0 Å². The molecule has 2 fully saturated rings. The molecule has 160 valence electrons. The zero-order chi connectivity index (χ0) is 21.3.